The SMILES string of the molecule is CCC(C(=O)NC)N(Cc1ccccc1)C(=O)CN(c1cc(C)ccc1OC)S(C)(=O)=O. The third-order valence-electron chi connectivity index (χ3n) is 5.11. The number of methoxy groups -OCH3 is 1. The molecule has 0 aliphatic carbocycles. The first kappa shape index (κ1) is 25.2. The van der Waals surface area contributed by atoms with Crippen molar-refractivity contribution in [2.24, 2.45) is 0 Å². The first-order valence-corrected chi connectivity index (χ1v) is 12.1. The number of nitrogens with zero attached hydrogens (tertiary/aromatic N) is 2. The van der Waals surface area contributed by atoms with Gasteiger partial charge >= 0.3 is 0 Å². The summed E-state index contributed by atoms with van der Waals surface area (Å²) >= 11 is 0. The maximum absolute atomic E-state index is 13.5. The molecule has 32 heavy (non-hydrogen) atoms. The fourth-order valence-electron chi connectivity index (χ4n) is 3.46. The Morgan fingerprint density at radius 3 is 2.31 bits per heavy atom. The normalized spacial score (nSPS) is 12.0. The van der Waals surface area contributed by atoms with E-state index in [1.807, 2.05) is 44.2 Å². The monoisotopic (exact) mass is 461 g/mol. The molecule has 9 heteroatoms. The van der Waals surface area contributed by atoms with Crippen LogP contribution in [0.15, 0.2) is 48.5 Å². The molecule has 2 aromatic rings. The number of benzene rings is 2. The Balaban J connectivity index is 2.48. The number of carbonyl (C=O) groups excluding carboxylic acids is 2. The van der Waals surface area contributed by atoms with Gasteiger partial charge in [0, 0.05) is 13.6 Å². The molecule has 0 aliphatic heterocycles. The Kier molecular flexibility index (Phi) is 8.65. The topological polar surface area (TPSA) is 96.0 Å². The van der Waals surface area contributed by atoms with Crippen molar-refractivity contribution in [1.29, 1.82) is 0 Å². The summed E-state index contributed by atoms with van der Waals surface area (Å²) in [5.41, 5.74) is 1.93. The van der Waals surface area contributed by atoms with Gasteiger partial charge in [-0.3, -0.25) is 13.9 Å². The fraction of sp³-hybridized carbons (Fsp3) is 0.391. The zero-order chi connectivity index (χ0) is 23.9. The molecule has 1 N–H and O–H groups in total. The van der Waals surface area contributed by atoms with Crippen LogP contribution in [0.1, 0.15) is 24.5 Å². The van der Waals surface area contributed by atoms with E-state index in [0.717, 1.165) is 21.7 Å². The molecule has 1 unspecified atom stereocenters. The lowest BCUT2D eigenvalue weighted by Crippen LogP contribution is -2.51. The zero-order valence-corrected chi connectivity index (χ0v) is 20.0. The van der Waals surface area contributed by atoms with Gasteiger partial charge in [0.05, 0.1) is 19.1 Å². The summed E-state index contributed by atoms with van der Waals surface area (Å²) in [7, 11) is -0.870. The van der Waals surface area contributed by atoms with E-state index >= 15 is 0 Å². The van der Waals surface area contributed by atoms with Crippen molar-refractivity contribution in [1.82, 2.24) is 10.2 Å². The number of nitrogens with one attached hydrogen (secondary N) is 1. The van der Waals surface area contributed by atoms with Crippen molar-refractivity contribution in [3.8, 4) is 5.75 Å². The maximum Gasteiger partial charge on any atom is 0.244 e. The molecule has 1 atom stereocenters. The summed E-state index contributed by atoms with van der Waals surface area (Å²) in [6.45, 7) is 3.35. The molecule has 2 rings (SSSR count). The Hall–Kier alpha value is -3.07. The predicted molar refractivity (Wildman–Crippen MR) is 125 cm³/mol. The number of carbonyl (C=O) groups is 2. The van der Waals surface area contributed by atoms with Crippen LogP contribution < -0.4 is 14.4 Å². The van der Waals surface area contributed by atoms with Crippen molar-refractivity contribution in [3.05, 3.63) is 59.7 Å². The highest BCUT2D eigenvalue weighted by atomic mass is 32.2. The summed E-state index contributed by atoms with van der Waals surface area (Å²) in [5.74, 6) is -0.462. The molecule has 0 bridgehead atoms. The fourth-order valence-corrected chi connectivity index (χ4v) is 4.30. The first-order chi connectivity index (χ1) is 15.1. The molecule has 0 saturated heterocycles. The largest absolute Gasteiger partial charge is 0.495 e. The molecule has 0 saturated carbocycles. The van der Waals surface area contributed by atoms with Gasteiger partial charge in [0.2, 0.25) is 21.8 Å². The van der Waals surface area contributed by atoms with Gasteiger partial charge < -0.3 is 15.0 Å². The molecule has 0 spiro atoms. The number of rotatable bonds is 10. The minimum Gasteiger partial charge on any atom is -0.495 e. The van der Waals surface area contributed by atoms with Crippen LogP contribution in [0.2, 0.25) is 0 Å². The molecular weight excluding hydrogens is 430 g/mol. The smallest absolute Gasteiger partial charge is 0.244 e. The minimum atomic E-state index is -3.82. The predicted octanol–water partition coefficient (Wildman–Crippen LogP) is 2.32. The molecular formula is C23H31N3O5S. The lowest BCUT2D eigenvalue weighted by Gasteiger charge is -2.33. The van der Waals surface area contributed by atoms with Crippen LogP contribution in [0.5, 0.6) is 5.75 Å². The summed E-state index contributed by atoms with van der Waals surface area (Å²) in [6, 6.07) is 13.6. The number of hydrogen-bond donors (Lipinski definition) is 1. The van der Waals surface area contributed by atoms with E-state index in [9.17, 15) is 18.0 Å². The molecule has 0 aromatic heterocycles. The van der Waals surface area contributed by atoms with Crippen LogP contribution in [0.25, 0.3) is 0 Å². The van der Waals surface area contributed by atoms with Gasteiger partial charge in [0.1, 0.15) is 18.3 Å². The molecule has 0 heterocycles. The number of anilines is 1. The molecule has 0 aliphatic rings. The highest BCUT2D eigenvalue weighted by molar-refractivity contribution is 7.92. The van der Waals surface area contributed by atoms with E-state index in [4.69, 9.17) is 4.74 Å². The Labute approximate surface area is 190 Å². The third-order valence-corrected chi connectivity index (χ3v) is 6.24. The van der Waals surface area contributed by atoms with Crippen LogP contribution in [0.4, 0.5) is 5.69 Å². The quantitative estimate of drug-likeness (QED) is 0.586. The molecule has 0 radical (unpaired) electrons. The number of sulfonamides is 1. The van der Waals surface area contributed by atoms with Crippen LogP contribution in [-0.2, 0) is 26.2 Å². The second-order valence-electron chi connectivity index (χ2n) is 7.49. The number of aryl methyl sites for hydroxylation is 1. The van der Waals surface area contributed by atoms with E-state index in [-0.39, 0.29) is 18.1 Å². The summed E-state index contributed by atoms with van der Waals surface area (Å²) in [6.07, 6.45) is 1.42. The van der Waals surface area contributed by atoms with Gasteiger partial charge in [-0.15, -0.1) is 0 Å². The van der Waals surface area contributed by atoms with Crippen LogP contribution in [-0.4, -0.2) is 58.1 Å². The average molecular weight is 462 g/mol. The highest BCUT2D eigenvalue weighted by Gasteiger charge is 2.32. The molecule has 174 valence electrons. The van der Waals surface area contributed by atoms with Crippen LogP contribution in [0.3, 0.4) is 0 Å². The zero-order valence-electron chi connectivity index (χ0n) is 19.2. The summed E-state index contributed by atoms with van der Waals surface area (Å²) < 4.78 is 31.7. The molecule has 0 fully saturated rings. The Morgan fingerprint density at radius 1 is 1.12 bits per heavy atom. The Morgan fingerprint density at radius 2 is 1.78 bits per heavy atom. The number of likely N-dealkylation sites (N-methyl/N-ethyl adjacent to an activating group) is 1. The van der Waals surface area contributed by atoms with E-state index in [1.165, 1.54) is 19.1 Å². The third kappa shape index (κ3) is 6.23. The van der Waals surface area contributed by atoms with Crippen LogP contribution in [0, 0.1) is 6.92 Å². The lowest BCUT2D eigenvalue weighted by molar-refractivity contribution is -0.140. The van der Waals surface area contributed by atoms with Crippen LogP contribution >= 0.6 is 0 Å². The van der Waals surface area contributed by atoms with Crippen molar-refractivity contribution < 1.29 is 22.7 Å². The summed E-state index contributed by atoms with van der Waals surface area (Å²) in [5, 5.41) is 2.59. The van der Waals surface area contributed by atoms with Crippen molar-refractivity contribution in [2.75, 3.05) is 31.3 Å². The summed E-state index contributed by atoms with van der Waals surface area (Å²) in [4.78, 5) is 27.4. The maximum atomic E-state index is 13.5. The van der Waals surface area contributed by atoms with E-state index < -0.39 is 28.5 Å². The molecule has 8 nitrogen and oxygen atoms in total. The van der Waals surface area contributed by atoms with E-state index in [0.29, 0.717) is 12.2 Å². The number of amides is 2. The highest BCUT2D eigenvalue weighted by Crippen LogP contribution is 2.31. The van der Waals surface area contributed by atoms with Crippen molar-refractivity contribution in [3.63, 3.8) is 0 Å². The second-order valence-corrected chi connectivity index (χ2v) is 9.40. The van der Waals surface area contributed by atoms with E-state index in [2.05, 4.69) is 5.32 Å². The Bertz CT molecular complexity index is 1040. The van der Waals surface area contributed by atoms with Crippen molar-refractivity contribution >= 4 is 27.5 Å². The molecule has 2 aromatic carbocycles. The lowest BCUT2D eigenvalue weighted by atomic mass is 10.1. The minimum absolute atomic E-state index is 0.175. The van der Waals surface area contributed by atoms with Gasteiger partial charge in [-0.1, -0.05) is 43.3 Å². The van der Waals surface area contributed by atoms with Crippen molar-refractivity contribution in [2.45, 2.75) is 32.9 Å². The second kappa shape index (κ2) is 11.0. The molecule has 2 amide bonds. The van der Waals surface area contributed by atoms with Gasteiger partial charge in [0.15, 0.2) is 0 Å². The van der Waals surface area contributed by atoms with Gasteiger partial charge in [0.25, 0.3) is 0 Å². The van der Waals surface area contributed by atoms with Gasteiger partial charge in [-0.05, 0) is 36.6 Å². The average Bonchev–Trinajstić information content (AvgIpc) is 2.76. The van der Waals surface area contributed by atoms with E-state index in [1.54, 1.807) is 18.2 Å². The van der Waals surface area contributed by atoms with Gasteiger partial charge in [-0.25, -0.2) is 8.42 Å². The standard InChI is InChI=1S/C23H31N3O5S/c1-6-19(23(28)24-3)25(15-18-10-8-7-9-11-18)22(27)16-26(32(5,29)30)20-14-17(2)12-13-21(20)31-4/h7-14,19H,6,15-16H2,1-5H3,(H,24,28). The first-order valence-electron chi connectivity index (χ1n) is 10.3. The van der Waals surface area contributed by atoms with Gasteiger partial charge in [-0.2, -0.15) is 0 Å². The number of hydrogen-bond acceptors (Lipinski definition) is 5. The number of ether oxygens (including phenoxy) is 1.